The number of hydrogen-bond acceptors (Lipinski definition) is 5. The number of aromatic amines is 1. The van der Waals surface area contributed by atoms with Gasteiger partial charge in [0.15, 0.2) is 11.4 Å². The Kier molecular flexibility index (Phi) is 4.22. The quantitative estimate of drug-likeness (QED) is 0.940. The molecular weight excluding hydrogens is 308 g/mol. The molecule has 0 amide bonds. The van der Waals surface area contributed by atoms with Gasteiger partial charge in [-0.3, -0.25) is 4.79 Å². The van der Waals surface area contributed by atoms with Gasteiger partial charge in [-0.1, -0.05) is 13.8 Å². The maximum absolute atomic E-state index is 12.2. The van der Waals surface area contributed by atoms with Crippen molar-refractivity contribution in [3.05, 3.63) is 44.1 Å². The molecule has 1 aliphatic rings. The summed E-state index contributed by atoms with van der Waals surface area (Å²) in [5.41, 5.74) is 1.21. The Bertz CT molecular complexity index is 776. The van der Waals surface area contributed by atoms with Crippen molar-refractivity contribution in [3.63, 3.8) is 0 Å². The average molecular weight is 328 g/mol. The van der Waals surface area contributed by atoms with E-state index in [1.165, 1.54) is 0 Å². The van der Waals surface area contributed by atoms with Crippen LogP contribution in [0.25, 0.3) is 0 Å². The van der Waals surface area contributed by atoms with Crippen LogP contribution < -0.4 is 10.5 Å². The van der Waals surface area contributed by atoms with Crippen molar-refractivity contribution in [1.82, 2.24) is 9.97 Å². The van der Waals surface area contributed by atoms with Crippen molar-refractivity contribution in [2.75, 3.05) is 18.0 Å². The van der Waals surface area contributed by atoms with Gasteiger partial charge < -0.3 is 9.88 Å². The lowest BCUT2D eigenvalue weighted by Gasteiger charge is -2.37. The fourth-order valence-electron chi connectivity index (χ4n) is 2.83. The van der Waals surface area contributed by atoms with Gasteiger partial charge in [0.25, 0.3) is 5.56 Å². The summed E-state index contributed by atoms with van der Waals surface area (Å²) in [4.78, 5) is 21.7. The third-order valence-electron chi connectivity index (χ3n) is 4.43. The zero-order valence-corrected chi connectivity index (χ0v) is 14.2. The van der Waals surface area contributed by atoms with Crippen LogP contribution in [0.2, 0.25) is 0 Å². The molecular formula is C17H20N4OS. The van der Waals surface area contributed by atoms with Gasteiger partial charge in [-0.15, -0.1) is 0 Å². The number of hydrogen-bond donors (Lipinski definition) is 1. The van der Waals surface area contributed by atoms with E-state index in [-0.39, 0.29) is 11.1 Å². The van der Waals surface area contributed by atoms with E-state index in [0.29, 0.717) is 23.5 Å². The molecule has 120 valence electrons. The predicted molar refractivity (Wildman–Crippen MR) is 91.9 cm³/mol. The Morgan fingerprint density at radius 3 is 2.78 bits per heavy atom. The number of nitrogens with zero attached hydrogens (tertiary/aromatic N) is 3. The van der Waals surface area contributed by atoms with Crippen molar-refractivity contribution < 1.29 is 0 Å². The number of thiophene rings is 1. The SMILES string of the molecule is CC1(C)CCN(c2nc(Cc3ccsc3)[nH]c(=O)c2C#N)CC1. The van der Waals surface area contributed by atoms with Crippen molar-refractivity contribution >= 4 is 17.2 Å². The van der Waals surface area contributed by atoms with Crippen molar-refractivity contribution in [1.29, 1.82) is 5.26 Å². The lowest BCUT2D eigenvalue weighted by atomic mass is 9.82. The van der Waals surface area contributed by atoms with E-state index in [0.717, 1.165) is 31.5 Å². The molecule has 0 unspecified atom stereocenters. The van der Waals surface area contributed by atoms with Crippen LogP contribution >= 0.6 is 11.3 Å². The molecule has 0 aliphatic carbocycles. The molecule has 2 aromatic rings. The van der Waals surface area contributed by atoms with E-state index in [2.05, 4.69) is 28.7 Å². The standard InChI is InChI=1S/C17H20N4OS/c1-17(2)4-6-21(7-5-17)15-13(10-18)16(22)20-14(19-15)9-12-3-8-23-11-12/h3,8,11H,4-7,9H2,1-2H3,(H,19,20,22). The number of piperidine rings is 1. The van der Waals surface area contributed by atoms with E-state index in [1.54, 1.807) is 11.3 Å². The van der Waals surface area contributed by atoms with E-state index in [9.17, 15) is 10.1 Å². The number of H-pyrrole nitrogens is 1. The average Bonchev–Trinajstić information content (AvgIpc) is 2.99. The maximum atomic E-state index is 12.2. The Morgan fingerprint density at radius 1 is 1.43 bits per heavy atom. The molecule has 5 nitrogen and oxygen atoms in total. The minimum atomic E-state index is -0.340. The summed E-state index contributed by atoms with van der Waals surface area (Å²) >= 11 is 1.62. The molecule has 0 atom stereocenters. The topological polar surface area (TPSA) is 72.8 Å². The Hall–Kier alpha value is -2.13. The zero-order valence-electron chi connectivity index (χ0n) is 13.4. The summed E-state index contributed by atoms with van der Waals surface area (Å²) < 4.78 is 0. The molecule has 1 saturated heterocycles. The summed E-state index contributed by atoms with van der Waals surface area (Å²) in [5, 5.41) is 13.4. The van der Waals surface area contributed by atoms with Crippen molar-refractivity contribution in [2.24, 2.45) is 5.41 Å². The van der Waals surface area contributed by atoms with Crippen LogP contribution in [0.15, 0.2) is 21.6 Å². The molecule has 0 spiro atoms. The highest BCUT2D eigenvalue weighted by molar-refractivity contribution is 7.07. The van der Waals surface area contributed by atoms with Gasteiger partial charge >= 0.3 is 0 Å². The maximum Gasteiger partial charge on any atom is 0.271 e. The normalized spacial score (nSPS) is 17.0. The van der Waals surface area contributed by atoms with Gasteiger partial charge in [-0.05, 0) is 40.6 Å². The molecule has 0 bridgehead atoms. The molecule has 23 heavy (non-hydrogen) atoms. The van der Waals surface area contributed by atoms with Crippen molar-refractivity contribution in [2.45, 2.75) is 33.1 Å². The van der Waals surface area contributed by atoms with Gasteiger partial charge in [-0.25, -0.2) is 4.98 Å². The van der Waals surface area contributed by atoms with Crippen LogP contribution in [-0.2, 0) is 6.42 Å². The smallest absolute Gasteiger partial charge is 0.271 e. The summed E-state index contributed by atoms with van der Waals surface area (Å²) in [7, 11) is 0. The first kappa shape index (κ1) is 15.8. The minimum Gasteiger partial charge on any atom is -0.355 e. The van der Waals surface area contributed by atoms with Gasteiger partial charge in [0.05, 0.1) is 0 Å². The van der Waals surface area contributed by atoms with Gasteiger partial charge in [0.1, 0.15) is 11.9 Å². The highest BCUT2D eigenvalue weighted by Gasteiger charge is 2.28. The monoisotopic (exact) mass is 328 g/mol. The minimum absolute atomic E-state index is 0.124. The van der Waals surface area contributed by atoms with Gasteiger partial charge in [0.2, 0.25) is 0 Å². The Balaban J connectivity index is 1.93. The van der Waals surface area contributed by atoms with Crippen LogP contribution in [0.5, 0.6) is 0 Å². The number of anilines is 1. The second-order valence-electron chi connectivity index (χ2n) is 6.78. The highest BCUT2D eigenvalue weighted by Crippen LogP contribution is 2.32. The van der Waals surface area contributed by atoms with Crippen LogP contribution in [0, 0.1) is 16.7 Å². The van der Waals surface area contributed by atoms with E-state index in [1.807, 2.05) is 22.9 Å². The lowest BCUT2D eigenvalue weighted by Crippen LogP contribution is -2.39. The molecule has 0 aromatic carbocycles. The van der Waals surface area contributed by atoms with Crippen LogP contribution in [0.4, 0.5) is 5.82 Å². The molecule has 1 aliphatic heterocycles. The van der Waals surface area contributed by atoms with Gasteiger partial charge in [-0.2, -0.15) is 16.6 Å². The molecule has 0 radical (unpaired) electrons. The summed E-state index contributed by atoms with van der Waals surface area (Å²) in [5.74, 6) is 1.16. The van der Waals surface area contributed by atoms with Crippen LogP contribution in [0.3, 0.4) is 0 Å². The second kappa shape index (κ2) is 6.17. The van der Waals surface area contributed by atoms with Crippen LogP contribution in [0.1, 0.15) is 43.6 Å². The first-order valence-electron chi connectivity index (χ1n) is 7.78. The molecule has 6 heteroatoms. The first-order chi connectivity index (χ1) is 11.0. The highest BCUT2D eigenvalue weighted by atomic mass is 32.1. The molecule has 2 aromatic heterocycles. The third kappa shape index (κ3) is 3.45. The predicted octanol–water partition coefficient (Wildman–Crippen LogP) is 2.92. The zero-order chi connectivity index (χ0) is 16.4. The Labute approximate surface area is 139 Å². The third-order valence-corrected chi connectivity index (χ3v) is 5.16. The Morgan fingerprint density at radius 2 is 2.17 bits per heavy atom. The largest absolute Gasteiger partial charge is 0.355 e. The number of nitrogens with one attached hydrogen (secondary N) is 1. The summed E-state index contributed by atoms with van der Waals surface area (Å²) in [6.45, 7) is 6.16. The summed E-state index contributed by atoms with van der Waals surface area (Å²) in [6, 6.07) is 4.04. The molecule has 3 heterocycles. The van der Waals surface area contributed by atoms with Crippen molar-refractivity contribution in [3.8, 4) is 6.07 Å². The lowest BCUT2D eigenvalue weighted by molar-refractivity contribution is 0.279. The van der Waals surface area contributed by atoms with E-state index in [4.69, 9.17) is 0 Å². The van der Waals surface area contributed by atoms with Crippen LogP contribution in [-0.4, -0.2) is 23.1 Å². The van der Waals surface area contributed by atoms with E-state index < -0.39 is 0 Å². The fourth-order valence-corrected chi connectivity index (χ4v) is 3.50. The second-order valence-corrected chi connectivity index (χ2v) is 7.56. The molecule has 3 rings (SSSR count). The van der Waals surface area contributed by atoms with E-state index >= 15 is 0 Å². The molecule has 0 saturated carbocycles. The molecule has 1 fully saturated rings. The fraction of sp³-hybridized carbons (Fsp3) is 0.471. The number of rotatable bonds is 3. The first-order valence-corrected chi connectivity index (χ1v) is 8.72. The number of nitriles is 1. The summed E-state index contributed by atoms with van der Waals surface area (Å²) in [6.07, 6.45) is 2.65. The molecule has 1 N–H and O–H groups in total. The number of aromatic nitrogens is 2. The van der Waals surface area contributed by atoms with Gasteiger partial charge in [0, 0.05) is 19.5 Å².